The van der Waals surface area contributed by atoms with Crippen molar-refractivity contribution in [3.63, 3.8) is 0 Å². The highest BCUT2D eigenvalue weighted by Crippen LogP contribution is 2.46. The molecule has 5 nitrogen and oxygen atoms in total. The standard InChI is InChI=1S/C9H20NO4P/c1-4-7-9(11)10-8-15(12,13-5-2)14-6-3/h4-8H2,1-3H3,(H,10,11). The zero-order valence-electron chi connectivity index (χ0n) is 9.62. The number of rotatable bonds is 8. The largest absolute Gasteiger partial charge is 0.349 e. The van der Waals surface area contributed by atoms with Gasteiger partial charge in [0.25, 0.3) is 0 Å². The molecule has 0 atom stereocenters. The Labute approximate surface area is 91.1 Å². The van der Waals surface area contributed by atoms with Gasteiger partial charge in [-0.15, -0.1) is 0 Å². The first-order valence-corrected chi connectivity index (χ1v) is 6.95. The zero-order valence-corrected chi connectivity index (χ0v) is 10.5. The number of nitrogens with one attached hydrogen (secondary N) is 1. The van der Waals surface area contributed by atoms with Crippen LogP contribution in [0.25, 0.3) is 0 Å². The molecule has 0 radical (unpaired) electrons. The van der Waals surface area contributed by atoms with Crippen LogP contribution in [-0.2, 0) is 18.4 Å². The minimum absolute atomic E-state index is 0.0481. The van der Waals surface area contributed by atoms with Gasteiger partial charge in [-0.2, -0.15) is 0 Å². The lowest BCUT2D eigenvalue weighted by Crippen LogP contribution is -2.25. The van der Waals surface area contributed by atoms with Gasteiger partial charge >= 0.3 is 7.60 Å². The van der Waals surface area contributed by atoms with Crippen molar-refractivity contribution in [1.82, 2.24) is 5.32 Å². The number of hydrogen-bond donors (Lipinski definition) is 1. The summed E-state index contributed by atoms with van der Waals surface area (Å²) in [6, 6.07) is 0. The van der Waals surface area contributed by atoms with Gasteiger partial charge in [0.2, 0.25) is 5.91 Å². The molecule has 0 heterocycles. The molecule has 0 fully saturated rings. The van der Waals surface area contributed by atoms with Gasteiger partial charge in [-0.25, -0.2) is 0 Å². The van der Waals surface area contributed by atoms with Crippen LogP contribution >= 0.6 is 7.60 Å². The molecule has 6 heteroatoms. The molecule has 0 spiro atoms. The molecule has 1 N–H and O–H groups in total. The van der Waals surface area contributed by atoms with Crippen molar-refractivity contribution in [1.29, 1.82) is 0 Å². The zero-order chi connectivity index (χ0) is 11.7. The Hall–Kier alpha value is -0.380. The van der Waals surface area contributed by atoms with E-state index in [1.807, 2.05) is 6.92 Å². The molecule has 0 unspecified atom stereocenters. The van der Waals surface area contributed by atoms with Crippen molar-refractivity contribution < 1.29 is 18.4 Å². The summed E-state index contributed by atoms with van der Waals surface area (Å²) >= 11 is 0. The highest BCUT2D eigenvalue weighted by molar-refractivity contribution is 7.53. The van der Waals surface area contributed by atoms with Gasteiger partial charge in [0.1, 0.15) is 6.29 Å². The highest BCUT2D eigenvalue weighted by atomic mass is 31.2. The minimum Gasteiger partial charge on any atom is -0.344 e. The maximum atomic E-state index is 11.9. The molecule has 0 aromatic heterocycles. The Balaban J connectivity index is 4.06. The fourth-order valence-corrected chi connectivity index (χ4v) is 2.44. The first kappa shape index (κ1) is 14.6. The summed E-state index contributed by atoms with van der Waals surface area (Å²) in [5.41, 5.74) is 0. The highest BCUT2D eigenvalue weighted by Gasteiger charge is 2.23. The summed E-state index contributed by atoms with van der Waals surface area (Å²) in [6.07, 6.45) is 1.14. The monoisotopic (exact) mass is 237 g/mol. The lowest BCUT2D eigenvalue weighted by Gasteiger charge is -2.17. The third-order valence-electron chi connectivity index (χ3n) is 1.60. The molecule has 0 rings (SSSR count). The smallest absolute Gasteiger partial charge is 0.344 e. The van der Waals surface area contributed by atoms with E-state index < -0.39 is 7.60 Å². The van der Waals surface area contributed by atoms with Crippen molar-refractivity contribution in [2.45, 2.75) is 33.6 Å². The Morgan fingerprint density at radius 3 is 2.13 bits per heavy atom. The van der Waals surface area contributed by atoms with Crippen molar-refractivity contribution in [2.24, 2.45) is 0 Å². The van der Waals surface area contributed by atoms with E-state index in [1.54, 1.807) is 13.8 Å². The van der Waals surface area contributed by atoms with E-state index in [2.05, 4.69) is 5.32 Å². The topological polar surface area (TPSA) is 64.6 Å². The van der Waals surface area contributed by atoms with Crippen molar-refractivity contribution >= 4 is 13.5 Å². The summed E-state index contributed by atoms with van der Waals surface area (Å²) in [6.45, 7) is 5.99. The molecule has 0 saturated carbocycles. The maximum absolute atomic E-state index is 11.9. The fraction of sp³-hybridized carbons (Fsp3) is 0.889. The molecule has 1 amide bonds. The van der Waals surface area contributed by atoms with Crippen LogP contribution in [0.1, 0.15) is 33.6 Å². The quantitative estimate of drug-likeness (QED) is 0.657. The van der Waals surface area contributed by atoms with Gasteiger partial charge in [-0.3, -0.25) is 9.36 Å². The molecular formula is C9H20NO4P. The lowest BCUT2D eigenvalue weighted by molar-refractivity contribution is -0.120. The molecule has 0 aliphatic rings. The lowest BCUT2D eigenvalue weighted by atomic mass is 10.3. The summed E-state index contributed by atoms with van der Waals surface area (Å²) in [5.74, 6) is -0.128. The maximum Gasteiger partial charge on any atom is 0.349 e. The van der Waals surface area contributed by atoms with Crippen molar-refractivity contribution in [3.8, 4) is 0 Å². The fourth-order valence-electron chi connectivity index (χ4n) is 1.02. The number of carbonyl (C=O) groups excluding carboxylic acids is 1. The summed E-state index contributed by atoms with van der Waals surface area (Å²) in [5, 5.41) is 2.54. The van der Waals surface area contributed by atoms with E-state index in [-0.39, 0.29) is 12.2 Å². The minimum atomic E-state index is -3.13. The molecule has 0 aliphatic heterocycles. The van der Waals surface area contributed by atoms with E-state index in [0.717, 1.165) is 6.42 Å². The Kier molecular flexibility index (Phi) is 7.65. The number of hydrogen-bond acceptors (Lipinski definition) is 4. The van der Waals surface area contributed by atoms with Crippen molar-refractivity contribution in [3.05, 3.63) is 0 Å². The number of carbonyl (C=O) groups is 1. The molecule has 15 heavy (non-hydrogen) atoms. The average molecular weight is 237 g/mol. The van der Waals surface area contributed by atoms with Gasteiger partial charge in [0, 0.05) is 6.42 Å². The second-order valence-corrected chi connectivity index (χ2v) is 5.01. The summed E-state index contributed by atoms with van der Waals surface area (Å²) in [7, 11) is -3.13. The molecule has 0 bridgehead atoms. The molecule has 0 aromatic carbocycles. The van der Waals surface area contributed by atoms with Gasteiger partial charge in [-0.05, 0) is 20.3 Å². The van der Waals surface area contributed by atoms with Crippen LogP contribution in [0.2, 0.25) is 0 Å². The van der Waals surface area contributed by atoms with E-state index in [1.165, 1.54) is 0 Å². The van der Waals surface area contributed by atoms with Crippen LogP contribution in [0.5, 0.6) is 0 Å². The van der Waals surface area contributed by atoms with Crippen LogP contribution in [0, 0.1) is 0 Å². The van der Waals surface area contributed by atoms with Gasteiger partial charge < -0.3 is 14.4 Å². The first-order chi connectivity index (χ1) is 7.08. The van der Waals surface area contributed by atoms with E-state index in [9.17, 15) is 9.36 Å². The van der Waals surface area contributed by atoms with Crippen LogP contribution < -0.4 is 5.32 Å². The van der Waals surface area contributed by atoms with Crippen molar-refractivity contribution in [2.75, 3.05) is 19.5 Å². The summed E-state index contributed by atoms with van der Waals surface area (Å²) < 4.78 is 21.9. The Bertz CT molecular complexity index is 222. The summed E-state index contributed by atoms with van der Waals surface area (Å²) in [4.78, 5) is 11.2. The van der Waals surface area contributed by atoms with Crippen LogP contribution in [0.15, 0.2) is 0 Å². The van der Waals surface area contributed by atoms with Gasteiger partial charge in [0.15, 0.2) is 0 Å². The third kappa shape index (κ3) is 6.66. The van der Waals surface area contributed by atoms with Crippen LogP contribution in [0.4, 0.5) is 0 Å². The van der Waals surface area contributed by atoms with E-state index >= 15 is 0 Å². The van der Waals surface area contributed by atoms with Crippen LogP contribution in [-0.4, -0.2) is 25.4 Å². The normalized spacial score (nSPS) is 11.4. The second kappa shape index (κ2) is 7.85. The molecular weight excluding hydrogens is 217 g/mol. The molecule has 0 saturated heterocycles. The first-order valence-electron chi connectivity index (χ1n) is 5.22. The predicted molar refractivity (Wildman–Crippen MR) is 58.8 cm³/mol. The molecule has 90 valence electrons. The molecule has 0 aliphatic carbocycles. The number of amides is 1. The van der Waals surface area contributed by atoms with Crippen LogP contribution in [0.3, 0.4) is 0 Å². The Morgan fingerprint density at radius 2 is 1.73 bits per heavy atom. The molecule has 0 aromatic rings. The van der Waals surface area contributed by atoms with Gasteiger partial charge in [-0.1, -0.05) is 6.92 Å². The SMILES string of the molecule is CCCC(=O)NCP(=O)(OCC)OCC. The third-order valence-corrected chi connectivity index (χ3v) is 3.45. The van der Waals surface area contributed by atoms with E-state index in [0.29, 0.717) is 19.6 Å². The van der Waals surface area contributed by atoms with E-state index in [4.69, 9.17) is 9.05 Å². The van der Waals surface area contributed by atoms with Gasteiger partial charge in [0.05, 0.1) is 13.2 Å². The predicted octanol–water partition coefficient (Wildman–Crippen LogP) is 2.13. The Morgan fingerprint density at radius 1 is 1.20 bits per heavy atom. The second-order valence-electron chi connectivity index (χ2n) is 2.95. The average Bonchev–Trinajstić information content (AvgIpc) is 2.16.